The van der Waals surface area contributed by atoms with Gasteiger partial charge in [-0.25, -0.2) is 4.68 Å². The second-order valence-electron chi connectivity index (χ2n) is 7.14. The number of carbonyl (C=O) groups is 2. The summed E-state index contributed by atoms with van der Waals surface area (Å²) < 4.78 is 1.75. The Bertz CT molecular complexity index is 976. The predicted octanol–water partition coefficient (Wildman–Crippen LogP) is 2.28. The minimum atomic E-state index is -0.318. The third-order valence-electron chi connectivity index (χ3n) is 5.04. The van der Waals surface area contributed by atoms with Crippen molar-refractivity contribution in [3.05, 3.63) is 59.6 Å². The van der Waals surface area contributed by atoms with Gasteiger partial charge in [0.15, 0.2) is 0 Å². The largest absolute Gasteiger partial charge is 0.369 e. The number of primary amides is 1. The lowest BCUT2D eigenvalue weighted by molar-refractivity contribution is -0.119. The molecule has 0 aliphatic carbocycles. The molecule has 0 unspecified atom stereocenters. The molecule has 2 aromatic heterocycles. The summed E-state index contributed by atoms with van der Waals surface area (Å²) in [5.74, 6) is -0.440. The first-order chi connectivity index (χ1) is 14.1. The summed E-state index contributed by atoms with van der Waals surface area (Å²) in [6, 6.07) is 13.8. The molecule has 3 N–H and O–H groups in total. The fourth-order valence-corrected chi connectivity index (χ4v) is 4.29. The maximum Gasteiger partial charge on any atom is 0.255 e. The van der Waals surface area contributed by atoms with Crippen LogP contribution in [0.5, 0.6) is 0 Å². The van der Waals surface area contributed by atoms with Crippen LogP contribution in [0.15, 0.2) is 54.0 Å². The van der Waals surface area contributed by atoms with Crippen molar-refractivity contribution < 1.29 is 9.59 Å². The Morgan fingerprint density at radius 3 is 2.55 bits per heavy atom. The van der Waals surface area contributed by atoms with E-state index in [-0.39, 0.29) is 24.4 Å². The minimum Gasteiger partial charge on any atom is -0.369 e. The van der Waals surface area contributed by atoms with Gasteiger partial charge in [-0.05, 0) is 36.4 Å². The Balaban J connectivity index is 1.52. The van der Waals surface area contributed by atoms with E-state index in [0.717, 1.165) is 36.5 Å². The Morgan fingerprint density at radius 1 is 1.14 bits per heavy atom. The molecule has 0 spiro atoms. The maximum absolute atomic E-state index is 13.1. The Hall–Kier alpha value is -2.97. The maximum atomic E-state index is 13.1. The first-order valence-corrected chi connectivity index (χ1v) is 10.5. The summed E-state index contributed by atoms with van der Waals surface area (Å²) in [4.78, 5) is 27.2. The third-order valence-corrected chi connectivity index (χ3v) is 5.91. The van der Waals surface area contributed by atoms with E-state index >= 15 is 0 Å². The summed E-state index contributed by atoms with van der Waals surface area (Å²) in [5, 5.41) is 9.81. The molecule has 3 aromatic rings. The number of piperidine rings is 1. The van der Waals surface area contributed by atoms with Crippen LogP contribution >= 0.6 is 11.3 Å². The molecule has 0 radical (unpaired) electrons. The molecule has 1 saturated heterocycles. The normalized spacial score (nSPS) is 15.3. The SMILES string of the molecule is NC(=O)CN1CCC(NC(=O)c2cn(-c3ccccc3)nc2-c2cccs2)CC1. The number of benzene rings is 1. The van der Waals surface area contributed by atoms with Crippen LogP contribution in [-0.2, 0) is 4.79 Å². The average molecular weight is 410 g/mol. The van der Waals surface area contributed by atoms with E-state index in [1.165, 1.54) is 0 Å². The Kier molecular flexibility index (Phi) is 5.73. The molecule has 3 heterocycles. The molecule has 1 aromatic carbocycles. The number of nitrogens with zero attached hydrogens (tertiary/aromatic N) is 3. The van der Waals surface area contributed by atoms with Crippen molar-refractivity contribution >= 4 is 23.2 Å². The van der Waals surface area contributed by atoms with Gasteiger partial charge in [0.2, 0.25) is 5.91 Å². The first-order valence-electron chi connectivity index (χ1n) is 9.60. The van der Waals surface area contributed by atoms with Crippen molar-refractivity contribution in [2.75, 3.05) is 19.6 Å². The predicted molar refractivity (Wildman–Crippen MR) is 113 cm³/mol. The van der Waals surface area contributed by atoms with Crippen LogP contribution in [0.1, 0.15) is 23.2 Å². The molecule has 1 aliphatic rings. The van der Waals surface area contributed by atoms with E-state index < -0.39 is 0 Å². The van der Waals surface area contributed by atoms with Gasteiger partial charge < -0.3 is 11.1 Å². The Morgan fingerprint density at radius 2 is 1.90 bits per heavy atom. The van der Waals surface area contributed by atoms with Gasteiger partial charge in [0, 0.05) is 25.3 Å². The first kappa shape index (κ1) is 19.4. The van der Waals surface area contributed by atoms with E-state index in [2.05, 4.69) is 10.4 Å². The molecule has 0 bridgehead atoms. The van der Waals surface area contributed by atoms with Gasteiger partial charge >= 0.3 is 0 Å². The molecule has 7 nitrogen and oxygen atoms in total. The molecule has 0 saturated carbocycles. The average Bonchev–Trinajstić information content (AvgIpc) is 3.39. The zero-order valence-corrected chi connectivity index (χ0v) is 16.8. The number of nitrogens with two attached hydrogens (primary N) is 1. The number of carbonyl (C=O) groups excluding carboxylic acids is 2. The number of aromatic nitrogens is 2. The van der Waals surface area contributed by atoms with Gasteiger partial charge in [-0.2, -0.15) is 5.10 Å². The highest BCUT2D eigenvalue weighted by atomic mass is 32.1. The molecule has 4 rings (SSSR count). The van der Waals surface area contributed by atoms with Crippen LogP contribution in [0.3, 0.4) is 0 Å². The number of para-hydroxylation sites is 1. The zero-order valence-electron chi connectivity index (χ0n) is 16.0. The number of hydrogen-bond acceptors (Lipinski definition) is 5. The summed E-state index contributed by atoms with van der Waals surface area (Å²) in [6.45, 7) is 1.76. The second kappa shape index (κ2) is 8.59. The molecule has 0 atom stereocenters. The number of hydrogen-bond donors (Lipinski definition) is 2. The number of nitrogens with one attached hydrogen (secondary N) is 1. The molecule has 150 valence electrons. The molecule has 2 amide bonds. The van der Waals surface area contributed by atoms with Crippen molar-refractivity contribution in [3.63, 3.8) is 0 Å². The summed E-state index contributed by atoms with van der Waals surface area (Å²) >= 11 is 1.56. The fraction of sp³-hybridized carbons (Fsp3) is 0.286. The van der Waals surface area contributed by atoms with Gasteiger partial charge in [0.1, 0.15) is 5.69 Å². The van der Waals surface area contributed by atoms with E-state index in [4.69, 9.17) is 5.73 Å². The Labute approximate surface area is 173 Å². The molecule has 1 fully saturated rings. The number of thiophene rings is 1. The standard InChI is InChI=1S/C21H23N5O2S/c22-19(27)14-25-10-8-15(9-11-25)23-21(28)17-13-26(16-5-2-1-3-6-16)24-20(17)18-7-4-12-29-18/h1-7,12-13,15H,8-11,14H2,(H2,22,27)(H,23,28). The summed E-state index contributed by atoms with van der Waals surface area (Å²) in [7, 11) is 0. The third kappa shape index (κ3) is 4.55. The van der Waals surface area contributed by atoms with Crippen molar-refractivity contribution in [2.24, 2.45) is 5.73 Å². The highest BCUT2D eigenvalue weighted by Gasteiger charge is 2.25. The van der Waals surface area contributed by atoms with Crippen molar-refractivity contribution in [1.82, 2.24) is 20.0 Å². The molecular weight excluding hydrogens is 386 g/mol. The van der Waals surface area contributed by atoms with Gasteiger partial charge in [-0.15, -0.1) is 11.3 Å². The van der Waals surface area contributed by atoms with E-state index in [9.17, 15) is 9.59 Å². The van der Waals surface area contributed by atoms with Crippen LogP contribution in [0.2, 0.25) is 0 Å². The second-order valence-corrected chi connectivity index (χ2v) is 8.09. The number of amides is 2. The molecule has 8 heteroatoms. The van der Waals surface area contributed by atoms with Gasteiger partial charge in [0.25, 0.3) is 5.91 Å². The fourth-order valence-electron chi connectivity index (χ4n) is 3.57. The minimum absolute atomic E-state index is 0.0721. The van der Waals surface area contributed by atoms with E-state index in [1.54, 1.807) is 22.2 Å². The van der Waals surface area contributed by atoms with Crippen molar-refractivity contribution in [3.8, 4) is 16.3 Å². The zero-order chi connectivity index (χ0) is 20.2. The van der Waals surface area contributed by atoms with Gasteiger partial charge in [-0.1, -0.05) is 24.3 Å². The van der Waals surface area contributed by atoms with E-state index in [1.807, 2.05) is 52.7 Å². The van der Waals surface area contributed by atoms with Crippen LogP contribution in [0, 0.1) is 0 Å². The molecular formula is C21H23N5O2S. The van der Waals surface area contributed by atoms with E-state index in [0.29, 0.717) is 11.3 Å². The lowest BCUT2D eigenvalue weighted by atomic mass is 10.0. The summed E-state index contributed by atoms with van der Waals surface area (Å²) in [6.07, 6.45) is 3.38. The lowest BCUT2D eigenvalue weighted by Crippen LogP contribution is -2.46. The van der Waals surface area contributed by atoms with Gasteiger partial charge in [-0.3, -0.25) is 14.5 Å². The highest BCUT2D eigenvalue weighted by Crippen LogP contribution is 2.28. The van der Waals surface area contributed by atoms with Crippen LogP contribution in [-0.4, -0.2) is 52.2 Å². The number of likely N-dealkylation sites (tertiary alicyclic amines) is 1. The van der Waals surface area contributed by atoms with Crippen molar-refractivity contribution in [2.45, 2.75) is 18.9 Å². The van der Waals surface area contributed by atoms with Crippen LogP contribution in [0.25, 0.3) is 16.3 Å². The summed E-state index contributed by atoms with van der Waals surface area (Å²) in [5.41, 5.74) is 7.43. The lowest BCUT2D eigenvalue weighted by Gasteiger charge is -2.31. The van der Waals surface area contributed by atoms with Crippen LogP contribution < -0.4 is 11.1 Å². The highest BCUT2D eigenvalue weighted by molar-refractivity contribution is 7.13. The molecule has 29 heavy (non-hydrogen) atoms. The smallest absolute Gasteiger partial charge is 0.255 e. The molecule has 1 aliphatic heterocycles. The number of rotatable bonds is 6. The topological polar surface area (TPSA) is 93.3 Å². The van der Waals surface area contributed by atoms with Crippen LogP contribution in [0.4, 0.5) is 0 Å². The quantitative estimate of drug-likeness (QED) is 0.653. The monoisotopic (exact) mass is 409 g/mol. The van der Waals surface area contributed by atoms with Crippen molar-refractivity contribution in [1.29, 1.82) is 0 Å². The van der Waals surface area contributed by atoms with Gasteiger partial charge in [0.05, 0.1) is 22.7 Å².